The van der Waals surface area contributed by atoms with Crippen LogP contribution in [0, 0.1) is 11.3 Å². The number of nitrogens with zero attached hydrogens (tertiary/aromatic N) is 1. The zero-order valence-corrected chi connectivity index (χ0v) is 17.7. The summed E-state index contributed by atoms with van der Waals surface area (Å²) in [6, 6.07) is 9.17. The minimum absolute atomic E-state index is 0.123. The van der Waals surface area contributed by atoms with Gasteiger partial charge in [-0.2, -0.15) is 0 Å². The van der Waals surface area contributed by atoms with E-state index in [-0.39, 0.29) is 22.5 Å². The molecule has 6 rings (SSSR count). The first-order valence-electron chi connectivity index (χ1n) is 10.4. The van der Waals surface area contributed by atoms with E-state index < -0.39 is 10.0 Å². The van der Waals surface area contributed by atoms with Gasteiger partial charge < -0.3 is 15.2 Å². The number of benzene rings is 1. The number of hydrogen-bond donors (Lipinski definition) is 3. The minimum atomic E-state index is -3.73. The third-order valence-electron chi connectivity index (χ3n) is 6.69. The normalized spacial score (nSPS) is 28.4. The summed E-state index contributed by atoms with van der Waals surface area (Å²) in [6.45, 7) is 5.46. The number of allylic oxidation sites excluding steroid dienone is 1. The number of sulfonamides is 1. The molecule has 0 atom stereocenters. The average Bonchev–Trinajstić information content (AvgIpc) is 3.24. The fourth-order valence-electron chi connectivity index (χ4n) is 5.04. The highest BCUT2D eigenvalue weighted by molar-refractivity contribution is 7.89. The molecular formula is C22H27N3O4S. The van der Waals surface area contributed by atoms with E-state index in [0.29, 0.717) is 31.4 Å². The largest absolute Gasteiger partial charge is 0.396 e. The number of aliphatic hydroxyl groups is 1. The van der Waals surface area contributed by atoms with Crippen LogP contribution in [0.4, 0.5) is 5.82 Å². The molecule has 2 bridgehead atoms. The Morgan fingerprint density at radius 1 is 1.27 bits per heavy atom. The number of aromatic nitrogens is 1. The van der Waals surface area contributed by atoms with Gasteiger partial charge in [-0.25, -0.2) is 18.1 Å². The van der Waals surface area contributed by atoms with Gasteiger partial charge in [0.1, 0.15) is 10.7 Å². The Labute approximate surface area is 176 Å². The number of hydrogen-bond acceptors (Lipinski definition) is 6. The van der Waals surface area contributed by atoms with Crippen molar-refractivity contribution in [2.45, 2.75) is 36.2 Å². The van der Waals surface area contributed by atoms with E-state index in [9.17, 15) is 13.5 Å². The van der Waals surface area contributed by atoms with Crippen molar-refractivity contribution in [1.82, 2.24) is 9.71 Å². The lowest BCUT2D eigenvalue weighted by atomic mass is 9.63. The fourth-order valence-corrected chi connectivity index (χ4v) is 6.30. The number of pyridine rings is 1. The molecule has 4 fully saturated rings. The van der Waals surface area contributed by atoms with Crippen molar-refractivity contribution in [1.29, 1.82) is 0 Å². The van der Waals surface area contributed by atoms with Crippen LogP contribution < -0.4 is 10.0 Å². The third-order valence-corrected chi connectivity index (χ3v) is 8.12. The summed E-state index contributed by atoms with van der Waals surface area (Å²) in [5, 5.41) is 13.6. The lowest BCUT2D eigenvalue weighted by Gasteiger charge is -2.43. The molecule has 1 aromatic heterocycles. The van der Waals surface area contributed by atoms with Gasteiger partial charge in [-0.05, 0) is 43.7 Å². The Hall–Kier alpha value is -2.00. The van der Waals surface area contributed by atoms with Crippen molar-refractivity contribution in [3.63, 3.8) is 0 Å². The highest BCUT2D eigenvalue weighted by atomic mass is 32.2. The maximum absolute atomic E-state index is 13.1. The van der Waals surface area contributed by atoms with Gasteiger partial charge in [-0.1, -0.05) is 30.4 Å². The van der Waals surface area contributed by atoms with E-state index in [1.165, 1.54) is 5.57 Å². The second kappa shape index (κ2) is 7.02. The Morgan fingerprint density at radius 3 is 2.73 bits per heavy atom. The number of fused-ring (bicyclic) bond motifs is 2. The molecular weight excluding hydrogens is 402 g/mol. The predicted octanol–water partition coefficient (Wildman–Crippen LogP) is 2.43. The Balaban J connectivity index is 1.39. The van der Waals surface area contributed by atoms with Gasteiger partial charge in [0.2, 0.25) is 10.0 Å². The number of rotatable bonds is 8. The highest BCUT2D eigenvalue weighted by Gasteiger charge is 2.61. The first-order chi connectivity index (χ1) is 14.3. The second-order valence-corrected chi connectivity index (χ2v) is 11.0. The first kappa shape index (κ1) is 19.9. The molecule has 30 heavy (non-hydrogen) atoms. The van der Waals surface area contributed by atoms with Crippen molar-refractivity contribution < 1.29 is 18.3 Å². The molecule has 2 aliphatic heterocycles. The van der Waals surface area contributed by atoms with Gasteiger partial charge in [-0.15, -0.1) is 0 Å². The van der Waals surface area contributed by atoms with E-state index in [0.717, 1.165) is 36.6 Å². The number of anilines is 1. The molecule has 3 heterocycles. The van der Waals surface area contributed by atoms with E-state index in [4.69, 9.17) is 4.74 Å². The van der Waals surface area contributed by atoms with Crippen LogP contribution in [0.2, 0.25) is 0 Å². The van der Waals surface area contributed by atoms with Gasteiger partial charge in [0, 0.05) is 23.9 Å². The smallest absolute Gasteiger partial charge is 0.244 e. The van der Waals surface area contributed by atoms with Gasteiger partial charge in [0.05, 0.1) is 24.3 Å². The van der Waals surface area contributed by atoms with Crippen molar-refractivity contribution in [3.05, 3.63) is 42.5 Å². The van der Waals surface area contributed by atoms with E-state index in [2.05, 4.69) is 21.6 Å². The topological polar surface area (TPSA) is 101 Å². The van der Waals surface area contributed by atoms with Gasteiger partial charge in [0.25, 0.3) is 0 Å². The molecule has 2 saturated heterocycles. The molecule has 0 amide bonds. The van der Waals surface area contributed by atoms with Gasteiger partial charge in [0.15, 0.2) is 0 Å². The van der Waals surface area contributed by atoms with Crippen LogP contribution >= 0.6 is 0 Å². The zero-order valence-electron chi connectivity index (χ0n) is 16.9. The summed E-state index contributed by atoms with van der Waals surface area (Å²) in [5.74, 6) is 0.648. The molecule has 1 aromatic carbocycles. The van der Waals surface area contributed by atoms with Crippen LogP contribution in [0.3, 0.4) is 0 Å². The quantitative estimate of drug-likeness (QED) is 0.557. The fraction of sp³-hybridized carbons (Fsp3) is 0.500. The van der Waals surface area contributed by atoms with Crippen LogP contribution in [-0.4, -0.2) is 50.4 Å². The van der Waals surface area contributed by atoms with Crippen molar-refractivity contribution in [2.75, 3.05) is 31.6 Å². The monoisotopic (exact) mass is 429 g/mol. The van der Waals surface area contributed by atoms with Crippen LogP contribution in [0.15, 0.2) is 47.4 Å². The third kappa shape index (κ3) is 3.41. The molecule has 8 heteroatoms. The summed E-state index contributed by atoms with van der Waals surface area (Å²) >= 11 is 0. The lowest BCUT2D eigenvalue weighted by molar-refractivity contribution is -0.0168. The van der Waals surface area contributed by atoms with Crippen LogP contribution in [0.1, 0.15) is 25.7 Å². The minimum Gasteiger partial charge on any atom is -0.396 e. The second-order valence-electron chi connectivity index (χ2n) is 9.24. The molecule has 7 nitrogen and oxygen atoms in total. The van der Waals surface area contributed by atoms with Crippen LogP contribution in [0.25, 0.3) is 10.9 Å². The molecule has 2 saturated carbocycles. The highest BCUT2D eigenvalue weighted by Crippen LogP contribution is 2.57. The molecule has 0 radical (unpaired) electrons. The summed E-state index contributed by atoms with van der Waals surface area (Å²) in [7, 11) is -3.73. The number of para-hydroxylation sites is 1. The number of aliphatic hydroxyl groups excluding tert-OH is 1. The predicted molar refractivity (Wildman–Crippen MR) is 115 cm³/mol. The zero-order chi connectivity index (χ0) is 21.0. The van der Waals surface area contributed by atoms with Crippen LogP contribution in [0.5, 0.6) is 0 Å². The molecule has 2 aliphatic carbocycles. The maximum atomic E-state index is 13.1. The van der Waals surface area contributed by atoms with E-state index >= 15 is 0 Å². The lowest BCUT2D eigenvalue weighted by Crippen LogP contribution is -2.50. The van der Waals surface area contributed by atoms with Crippen molar-refractivity contribution in [2.24, 2.45) is 11.3 Å². The summed E-state index contributed by atoms with van der Waals surface area (Å²) < 4.78 is 34.9. The molecule has 2 aromatic rings. The Bertz CT molecular complexity index is 1100. The first-order valence-corrected chi connectivity index (χ1v) is 11.9. The van der Waals surface area contributed by atoms with E-state index in [1.54, 1.807) is 6.07 Å². The SMILES string of the molecule is C=C1CC(CNS(=O)(=O)c2cc3ccccc3nc2NCC23CC(CO)(CO2)C3)C1. The average molecular weight is 430 g/mol. The molecule has 4 aliphatic rings. The number of nitrogens with one attached hydrogen (secondary N) is 2. The summed E-state index contributed by atoms with van der Waals surface area (Å²) in [4.78, 5) is 4.77. The molecule has 0 unspecified atom stereocenters. The standard InChI is InChI=1S/C22H27N3O4S/c1-15-6-16(7-15)9-24-30(27,28)19-8-17-4-2-3-5-18(17)25-20(19)23-12-22-10-21(11-22,13-26)14-29-22/h2-5,8,16,24,26H,1,6-7,9-14H2,(H,23,25). The van der Waals surface area contributed by atoms with Gasteiger partial charge in [-0.3, -0.25) is 0 Å². The Morgan fingerprint density at radius 2 is 2.03 bits per heavy atom. The van der Waals surface area contributed by atoms with Gasteiger partial charge >= 0.3 is 0 Å². The molecule has 3 N–H and O–H groups in total. The maximum Gasteiger partial charge on any atom is 0.244 e. The van der Waals surface area contributed by atoms with E-state index in [1.807, 2.05) is 24.3 Å². The molecule has 0 spiro atoms. The van der Waals surface area contributed by atoms with Crippen molar-refractivity contribution in [3.8, 4) is 0 Å². The molecule has 160 valence electrons. The summed E-state index contributed by atoms with van der Waals surface area (Å²) in [5.41, 5.74) is 1.43. The number of ether oxygens (including phenoxy) is 1. The van der Waals surface area contributed by atoms with Crippen molar-refractivity contribution >= 4 is 26.7 Å². The summed E-state index contributed by atoms with van der Waals surface area (Å²) in [6.07, 6.45) is 3.30. The Kier molecular flexibility index (Phi) is 4.66. The van der Waals surface area contributed by atoms with Crippen LogP contribution in [-0.2, 0) is 14.8 Å².